The number of amides is 1. The number of carboxylic acid groups (broad SMARTS) is 1. The number of carbonyl (C=O) groups is 1. The van der Waals surface area contributed by atoms with Crippen LogP contribution >= 0.6 is 11.6 Å². The summed E-state index contributed by atoms with van der Waals surface area (Å²) >= 11 is 5.83. The van der Waals surface area contributed by atoms with Crippen LogP contribution in [0.4, 0.5) is 4.79 Å². The Hall–Kier alpha value is -1.22. The van der Waals surface area contributed by atoms with Crippen molar-refractivity contribution in [2.45, 2.75) is 25.3 Å². The average molecular weight is 240 g/mol. The first kappa shape index (κ1) is 11.3. The number of hydrogen-bond donors (Lipinski definition) is 1. The molecule has 0 radical (unpaired) electrons. The summed E-state index contributed by atoms with van der Waals surface area (Å²) in [5.41, 5.74) is 0.605. The van der Waals surface area contributed by atoms with E-state index in [0.29, 0.717) is 11.6 Å². The highest BCUT2D eigenvalue weighted by Gasteiger charge is 2.40. The maximum atomic E-state index is 11.2. The quantitative estimate of drug-likeness (QED) is 0.817. The van der Waals surface area contributed by atoms with Crippen LogP contribution in [-0.4, -0.2) is 22.6 Å². The summed E-state index contributed by atoms with van der Waals surface area (Å²) < 4.78 is 0. The van der Waals surface area contributed by atoms with Crippen LogP contribution in [0.15, 0.2) is 24.3 Å². The van der Waals surface area contributed by atoms with Crippen molar-refractivity contribution in [1.82, 2.24) is 4.90 Å². The van der Waals surface area contributed by atoms with Crippen molar-refractivity contribution >= 4 is 17.7 Å². The Balaban J connectivity index is 2.37. The molecule has 2 rings (SSSR count). The van der Waals surface area contributed by atoms with Gasteiger partial charge < -0.3 is 5.11 Å². The second-order valence-corrected chi connectivity index (χ2v) is 4.75. The van der Waals surface area contributed by atoms with E-state index >= 15 is 0 Å². The first-order valence-electron chi connectivity index (χ1n) is 5.31. The molecule has 1 fully saturated rings. The Kier molecular flexibility index (Phi) is 2.80. The zero-order chi connectivity index (χ0) is 11.8. The van der Waals surface area contributed by atoms with Gasteiger partial charge in [-0.15, -0.1) is 0 Å². The average Bonchev–Trinajstić information content (AvgIpc) is 2.62. The lowest BCUT2D eigenvalue weighted by Crippen LogP contribution is -2.41. The molecule has 1 aromatic carbocycles. The molecule has 0 unspecified atom stereocenters. The topological polar surface area (TPSA) is 40.5 Å². The van der Waals surface area contributed by atoms with Gasteiger partial charge in [-0.1, -0.05) is 23.7 Å². The van der Waals surface area contributed by atoms with Crippen molar-refractivity contribution in [2.24, 2.45) is 0 Å². The minimum atomic E-state index is -0.852. The van der Waals surface area contributed by atoms with E-state index < -0.39 is 11.6 Å². The number of rotatable bonds is 1. The van der Waals surface area contributed by atoms with Crippen LogP contribution in [0.1, 0.15) is 25.3 Å². The summed E-state index contributed by atoms with van der Waals surface area (Å²) in [6, 6.07) is 7.42. The first-order chi connectivity index (χ1) is 7.54. The Morgan fingerprint density at radius 3 is 2.62 bits per heavy atom. The standard InChI is InChI=1S/C12H14ClNO2/c1-12(7-2-8-14(12)11(15)16)9-3-5-10(13)6-4-9/h3-6H,2,7-8H2,1H3,(H,15,16)/t12-/m0/s1. The molecule has 1 atom stereocenters. The van der Waals surface area contributed by atoms with Gasteiger partial charge in [0.25, 0.3) is 0 Å². The second-order valence-electron chi connectivity index (χ2n) is 4.32. The molecule has 1 aliphatic rings. The fraction of sp³-hybridized carbons (Fsp3) is 0.417. The summed E-state index contributed by atoms with van der Waals surface area (Å²) in [6.45, 7) is 2.58. The fourth-order valence-electron chi connectivity index (χ4n) is 2.38. The van der Waals surface area contributed by atoms with E-state index in [0.717, 1.165) is 18.4 Å². The van der Waals surface area contributed by atoms with Crippen LogP contribution in [0.3, 0.4) is 0 Å². The molecule has 3 nitrogen and oxygen atoms in total. The second kappa shape index (κ2) is 3.98. The molecule has 1 amide bonds. The third-order valence-corrected chi connectivity index (χ3v) is 3.59. The smallest absolute Gasteiger partial charge is 0.408 e. The van der Waals surface area contributed by atoms with E-state index in [1.54, 1.807) is 12.1 Å². The van der Waals surface area contributed by atoms with Crippen LogP contribution in [0.25, 0.3) is 0 Å². The van der Waals surface area contributed by atoms with Crippen molar-refractivity contribution in [3.63, 3.8) is 0 Å². The summed E-state index contributed by atoms with van der Waals surface area (Å²) in [6.07, 6.45) is 0.918. The maximum absolute atomic E-state index is 11.2. The highest BCUT2D eigenvalue weighted by Crippen LogP contribution is 2.38. The van der Waals surface area contributed by atoms with E-state index in [9.17, 15) is 4.79 Å². The third-order valence-electron chi connectivity index (χ3n) is 3.34. The molecule has 1 N–H and O–H groups in total. The zero-order valence-corrected chi connectivity index (χ0v) is 9.87. The number of likely N-dealkylation sites (tertiary alicyclic amines) is 1. The molecule has 4 heteroatoms. The van der Waals surface area contributed by atoms with E-state index in [2.05, 4.69) is 0 Å². The van der Waals surface area contributed by atoms with Gasteiger partial charge in [0.15, 0.2) is 0 Å². The molecule has 0 aliphatic carbocycles. The summed E-state index contributed by atoms with van der Waals surface area (Å²) in [4.78, 5) is 12.7. The van der Waals surface area contributed by atoms with Gasteiger partial charge in [-0.05, 0) is 37.5 Å². The van der Waals surface area contributed by atoms with E-state index in [1.807, 2.05) is 19.1 Å². The fourth-order valence-corrected chi connectivity index (χ4v) is 2.50. The van der Waals surface area contributed by atoms with Crippen LogP contribution < -0.4 is 0 Å². The highest BCUT2D eigenvalue weighted by atomic mass is 35.5. The maximum Gasteiger partial charge on any atom is 0.408 e. The lowest BCUT2D eigenvalue weighted by atomic mass is 9.89. The number of nitrogens with zero attached hydrogens (tertiary/aromatic N) is 1. The number of hydrogen-bond acceptors (Lipinski definition) is 1. The molecular formula is C12H14ClNO2. The van der Waals surface area contributed by atoms with Gasteiger partial charge >= 0.3 is 6.09 Å². The first-order valence-corrected chi connectivity index (χ1v) is 5.68. The predicted molar refractivity (Wildman–Crippen MR) is 62.8 cm³/mol. The molecule has 16 heavy (non-hydrogen) atoms. The number of halogens is 1. The molecule has 0 saturated carbocycles. The molecule has 0 bridgehead atoms. The van der Waals surface area contributed by atoms with Gasteiger partial charge in [0.05, 0.1) is 5.54 Å². The van der Waals surface area contributed by atoms with Gasteiger partial charge in [0.2, 0.25) is 0 Å². The van der Waals surface area contributed by atoms with E-state index in [-0.39, 0.29) is 0 Å². The van der Waals surface area contributed by atoms with Crippen LogP contribution in [0, 0.1) is 0 Å². The Morgan fingerprint density at radius 1 is 1.44 bits per heavy atom. The summed E-state index contributed by atoms with van der Waals surface area (Å²) in [5.74, 6) is 0. The predicted octanol–water partition coefficient (Wildman–Crippen LogP) is 3.33. The highest BCUT2D eigenvalue weighted by molar-refractivity contribution is 6.30. The van der Waals surface area contributed by atoms with Crippen LogP contribution in [-0.2, 0) is 5.54 Å². The van der Waals surface area contributed by atoms with Crippen molar-refractivity contribution in [3.05, 3.63) is 34.9 Å². The lowest BCUT2D eigenvalue weighted by molar-refractivity contribution is 0.109. The third kappa shape index (κ3) is 1.76. The monoisotopic (exact) mass is 239 g/mol. The molecule has 1 heterocycles. The Bertz CT molecular complexity index is 404. The van der Waals surface area contributed by atoms with E-state index in [1.165, 1.54) is 4.90 Å². The molecule has 1 aliphatic heterocycles. The molecule has 1 saturated heterocycles. The summed E-state index contributed by atoms with van der Waals surface area (Å²) in [5, 5.41) is 9.84. The van der Waals surface area contributed by atoms with Crippen LogP contribution in [0.5, 0.6) is 0 Å². The SMILES string of the molecule is C[C@@]1(c2ccc(Cl)cc2)CCCN1C(=O)O. The van der Waals surface area contributed by atoms with Gasteiger partial charge in [-0.25, -0.2) is 4.79 Å². The zero-order valence-electron chi connectivity index (χ0n) is 9.11. The molecular weight excluding hydrogens is 226 g/mol. The Morgan fingerprint density at radius 2 is 2.06 bits per heavy atom. The summed E-state index contributed by atoms with van der Waals surface area (Å²) in [7, 11) is 0. The normalized spacial score (nSPS) is 24.8. The van der Waals surface area contributed by atoms with Crippen molar-refractivity contribution in [1.29, 1.82) is 0 Å². The largest absolute Gasteiger partial charge is 0.465 e. The molecule has 1 aromatic rings. The minimum Gasteiger partial charge on any atom is -0.465 e. The minimum absolute atomic E-state index is 0.406. The molecule has 0 aromatic heterocycles. The number of benzene rings is 1. The van der Waals surface area contributed by atoms with Crippen LogP contribution in [0.2, 0.25) is 5.02 Å². The van der Waals surface area contributed by atoms with Crippen molar-refractivity contribution in [3.8, 4) is 0 Å². The molecule has 0 spiro atoms. The van der Waals surface area contributed by atoms with Gasteiger partial charge in [0, 0.05) is 11.6 Å². The van der Waals surface area contributed by atoms with Crippen molar-refractivity contribution < 1.29 is 9.90 Å². The van der Waals surface area contributed by atoms with Gasteiger partial charge in [0.1, 0.15) is 0 Å². The molecule has 86 valence electrons. The Labute approximate surface area is 99.6 Å². The lowest BCUT2D eigenvalue weighted by Gasteiger charge is -2.33. The van der Waals surface area contributed by atoms with Crippen molar-refractivity contribution in [2.75, 3.05) is 6.54 Å². The van der Waals surface area contributed by atoms with E-state index in [4.69, 9.17) is 16.7 Å². The van der Waals surface area contributed by atoms with Gasteiger partial charge in [-0.2, -0.15) is 0 Å². The van der Waals surface area contributed by atoms with Gasteiger partial charge in [-0.3, -0.25) is 4.90 Å².